The van der Waals surface area contributed by atoms with Crippen LogP contribution in [-0.2, 0) is 6.54 Å². The van der Waals surface area contributed by atoms with Crippen LogP contribution in [0, 0.1) is 3.57 Å². The van der Waals surface area contributed by atoms with Gasteiger partial charge in [-0.15, -0.1) is 5.10 Å². The average Bonchev–Trinajstić information content (AvgIpc) is 2.81. The number of hydrogen-bond acceptors (Lipinski definition) is 4. The van der Waals surface area contributed by atoms with Gasteiger partial charge in [0.15, 0.2) is 5.69 Å². The SMILES string of the molecule is O=C(O)c1cn(CCOc2ccc(I)cc2)nn1. The molecule has 94 valence electrons. The number of carboxylic acid groups (broad SMARTS) is 1. The molecule has 0 bridgehead atoms. The summed E-state index contributed by atoms with van der Waals surface area (Å²) in [4.78, 5) is 10.6. The Bertz CT molecular complexity index is 539. The topological polar surface area (TPSA) is 77.2 Å². The molecule has 2 rings (SSSR count). The van der Waals surface area contributed by atoms with Crippen LogP contribution in [0.15, 0.2) is 30.5 Å². The van der Waals surface area contributed by atoms with Crippen molar-refractivity contribution in [2.45, 2.75) is 6.54 Å². The summed E-state index contributed by atoms with van der Waals surface area (Å²) in [5.41, 5.74) is -0.0655. The highest BCUT2D eigenvalue weighted by atomic mass is 127. The molecule has 0 aliphatic heterocycles. The molecule has 0 unspecified atom stereocenters. The number of benzene rings is 1. The van der Waals surface area contributed by atoms with E-state index in [9.17, 15) is 4.79 Å². The summed E-state index contributed by atoms with van der Waals surface area (Å²) in [7, 11) is 0. The van der Waals surface area contributed by atoms with Gasteiger partial charge in [-0.3, -0.25) is 0 Å². The van der Waals surface area contributed by atoms with Gasteiger partial charge in [-0.25, -0.2) is 9.48 Å². The number of halogens is 1. The standard InChI is InChI=1S/C11H10IN3O3/c12-8-1-3-9(4-2-8)18-6-5-15-7-10(11(16)17)13-14-15/h1-4,7H,5-6H2,(H,16,17). The summed E-state index contributed by atoms with van der Waals surface area (Å²) in [5.74, 6) is -0.311. The lowest BCUT2D eigenvalue weighted by molar-refractivity contribution is 0.0690. The summed E-state index contributed by atoms with van der Waals surface area (Å²) in [6.45, 7) is 0.856. The van der Waals surface area contributed by atoms with Crippen LogP contribution in [0.4, 0.5) is 0 Å². The van der Waals surface area contributed by atoms with Crippen LogP contribution in [-0.4, -0.2) is 32.7 Å². The van der Waals surface area contributed by atoms with Crippen molar-refractivity contribution in [2.75, 3.05) is 6.61 Å². The van der Waals surface area contributed by atoms with Gasteiger partial charge in [0.05, 0.1) is 12.7 Å². The minimum Gasteiger partial charge on any atom is -0.492 e. The highest BCUT2D eigenvalue weighted by Crippen LogP contribution is 2.13. The number of hydrogen-bond donors (Lipinski definition) is 1. The van der Waals surface area contributed by atoms with Gasteiger partial charge in [0.2, 0.25) is 0 Å². The molecular weight excluding hydrogens is 349 g/mol. The van der Waals surface area contributed by atoms with Crippen LogP contribution in [0.25, 0.3) is 0 Å². The Morgan fingerprint density at radius 3 is 2.72 bits per heavy atom. The van der Waals surface area contributed by atoms with E-state index in [1.54, 1.807) is 0 Å². The number of rotatable bonds is 5. The summed E-state index contributed by atoms with van der Waals surface area (Å²) < 4.78 is 8.08. The van der Waals surface area contributed by atoms with Crippen molar-refractivity contribution in [2.24, 2.45) is 0 Å². The second-order valence-corrected chi connectivity index (χ2v) is 4.72. The van der Waals surface area contributed by atoms with Crippen molar-refractivity contribution in [3.05, 3.63) is 39.7 Å². The molecule has 0 radical (unpaired) electrons. The lowest BCUT2D eigenvalue weighted by Gasteiger charge is -2.05. The Labute approximate surface area is 117 Å². The number of carbonyl (C=O) groups is 1. The fourth-order valence-electron chi connectivity index (χ4n) is 1.29. The molecule has 0 saturated carbocycles. The largest absolute Gasteiger partial charge is 0.492 e. The first kappa shape index (κ1) is 12.8. The molecule has 2 aromatic rings. The van der Waals surface area contributed by atoms with E-state index >= 15 is 0 Å². The van der Waals surface area contributed by atoms with Crippen LogP contribution < -0.4 is 4.74 Å². The molecule has 0 fully saturated rings. The van der Waals surface area contributed by atoms with Crippen molar-refractivity contribution in [3.63, 3.8) is 0 Å². The van der Waals surface area contributed by atoms with E-state index in [1.165, 1.54) is 10.9 Å². The van der Waals surface area contributed by atoms with Gasteiger partial charge < -0.3 is 9.84 Å². The summed E-state index contributed by atoms with van der Waals surface area (Å²) in [6.07, 6.45) is 1.37. The Hall–Kier alpha value is -1.64. The van der Waals surface area contributed by atoms with Crippen molar-refractivity contribution in [1.82, 2.24) is 15.0 Å². The van der Waals surface area contributed by atoms with Crippen LogP contribution in [0.2, 0.25) is 0 Å². The monoisotopic (exact) mass is 359 g/mol. The van der Waals surface area contributed by atoms with Gasteiger partial charge in [-0.2, -0.15) is 0 Å². The molecule has 1 aromatic heterocycles. The smallest absolute Gasteiger partial charge is 0.358 e. The first-order chi connectivity index (χ1) is 8.65. The number of aromatic nitrogens is 3. The van der Waals surface area contributed by atoms with Gasteiger partial charge in [-0.1, -0.05) is 5.21 Å². The van der Waals surface area contributed by atoms with Crippen molar-refractivity contribution in [1.29, 1.82) is 0 Å². The van der Waals surface area contributed by atoms with E-state index in [-0.39, 0.29) is 5.69 Å². The maximum absolute atomic E-state index is 10.6. The first-order valence-electron chi connectivity index (χ1n) is 5.17. The molecule has 0 amide bonds. The van der Waals surface area contributed by atoms with E-state index in [0.717, 1.165) is 9.32 Å². The van der Waals surface area contributed by atoms with E-state index in [0.29, 0.717) is 13.2 Å². The van der Waals surface area contributed by atoms with Crippen LogP contribution in [0.1, 0.15) is 10.5 Å². The molecule has 0 aliphatic carbocycles. The predicted molar refractivity (Wildman–Crippen MR) is 71.6 cm³/mol. The number of nitrogens with zero attached hydrogens (tertiary/aromatic N) is 3. The number of aromatic carboxylic acids is 1. The maximum Gasteiger partial charge on any atom is 0.358 e. The minimum absolute atomic E-state index is 0.0655. The van der Waals surface area contributed by atoms with E-state index in [2.05, 4.69) is 32.9 Å². The van der Waals surface area contributed by atoms with Gasteiger partial charge in [0.1, 0.15) is 12.4 Å². The normalized spacial score (nSPS) is 10.3. The fourth-order valence-corrected chi connectivity index (χ4v) is 1.65. The van der Waals surface area contributed by atoms with Gasteiger partial charge in [0.25, 0.3) is 0 Å². The molecule has 0 atom stereocenters. The zero-order valence-corrected chi connectivity index (χ0v) is 11.4. The molecule has 18 heavy (non-hydrogen) atoms. The molecule has 0 saturated heterocycles. The second-order valence-electron chi connectivity index (χ2n) is 3.47. The van der Waals surface area contributed by atoms with E-state index < -0.39 is 5.97 Å². The van der Waals surface area contributed by atoms with Gasteiger partial charge in [-0.05, 0) is 46.9 Å². The summed E-state index contributed by atoms with van der Waals surface area (Å²) in [5, 5.41) is 15.9. The molecule has 6 nitrogen and oxygen atoms in total. The Balaban J connectivity index is 1.84. The molecule has 0 aliphatic rings. The molecular formula is C11H10IN3O3. The fraction of sp³-hybridized carbons (Fsp3) is 0.182. The van der Waals surface area contributed by atoms with E-state index in [1.807, 2.05) is 24.3 Å². The number of ether oxygens (including phenoxy) is 1. The lowest BCUT2D eigenvalue weighted by atomic mass is 10.3. The minimum atomic E-state index is -1.08. The third kappa shape index (κ3) is 3.42. The van der Waals surface area contributed by atoms with Crippen LogP contribution in [0.3, 0.4) is 0 Å². The van der Waals surface area contributed by atoms with Crippen molar-refractivity contribution in [3.8, 4) is 5.75 Å². The molecule has 7 heteroatoms. The number of carboxylic acids is 1. The first-order valence-corrected chi connectivity index (χ1v) is 6.25. The van der Waals surface area contributed by atoms with Gasteiger partial charge >= 0.3 is 5.97 Å². The Morgan fingerprint density at radius 1 is 1.39 bits per heavy atom. The van der Waals surface area contributed by atoms with E-state index in [4.69, 9.17) is 9.84 Å². The summed E-state index contributed by atoms with van der Waals surface area (Å²) in [6, 6.07) is 7.67. The van der Waals surface area contributed by atoms with Crippen molar-refractivity contribution < 1.29 is 14.6 Å². The zero-order valence-electron chi connectivity index (χ0n) is 9.28. The average molecular weight is 359 g/mol. The summed E-state index contributed by atoms with van der Waals surface area (Å²) >= 11 is 2.22. The highest BCUT2D eigenvalue weighted by Gasteiger charge is 2.07. The Kier molecular flexibility index (Phi) is 4.13. The molecule has 1 aromatic carbocycles. The highest BCUT2D eigenvalue weighted by molar-refractivity contribution is 14.1. The van der Waals surface area contributed by atoms with Crippen LogP contribution >= 0.6 is 22.6 Å². The third-order valence-electron chi connectivity index (χ3n) is 2.16. The molecule has 1 heterocycles. The third-order valence-corrected chi connectivity index (χ3v) is 2.88. The zero-order chi connectivity index (χ0) is 13.0. The molecule has 1 N–H and O–H groups in total. The Morgan fingerprint density at radius 2 is 2.11 bits per heavy atom. The quantitative estimate of drug-likeness (QED) is 0.822. The van der Waals surface area contributed by atoms with Crippen LogP contribution in [0.5, 0.6) is 5.75 Å². The van der Waals surface area contributed by atoms with Crippen molar-refractivity contribution >= 4 is 28.6 Å². The lowest BCUT2D eigenvalue weighted by Crippen LogP contribution is -2.08. The predicted octanol–water partition coefficient (Wildman–Crippen LogP) is 1.66. The second kappa shape index (κ2) is 5.80. The molecule has 0 spiro atoms. The maximum atomic E-state index is 10.6. The van der Waals surface area contributed by atoms with Gasteiger partial charge in [0, 0.05) is 3.57 Å².